The van der Waals surface area contributed by atoms with Crippen molar-refractivity contribution in [3.8, 4) is 0 Å². The van der Waals surface area contributed by atoms with Crippen molar-refractivity contribution in [1.82, 2.24) is 44.9 Å². The molecule has 18 rings (SSSR count). The summed E-state index contributed by atoms with van der Waals surface area (Å²) in [5, 5.41) is 2.75. The SMILES string of the molecule is C[C@H](CC1CC2CC1CC2c1ccnc2ccc(F)cc12)c1nc2c(F)c(F)c(F)cc2[nH]1.C[C@H](CC1CC2CC1CC2c1ccnc2ccc(F)cc12)c1nc2c(F)cc(F)c(F)c2[nH]1.C[C@H](CC1CC2CC1CC2c1ccnc2ccc(F)cc12)c1nc2cc(F)c(F)cc2[nH]1. The van der Waals surface area contributed by atoms with Gasteiger partial charge in [-0.05, 0) is 238 Å². The number of aromatic amines is 3. The van der Waals surface area contributed by atoms with Gasteiger partial charge in [0.15, 0.2) is 46.5 Å². The van der Waals surface area contributed by atoms with E-state index >= 15 is 0 Å². The maximum Gasteiger partial charge on any atom is 0.196 e. The van der Waals surface area contributed by atoms with Gasteiger partial charge in [-0.2, -0.15) is 0 Å². The van der Waals surface area contributed by atoms with Crippen molar-refractivity contribution in [3.63, 3.8) is 0 Å². The molecule has 504 valence electrons. The number of benzene rings is 6. The third-order valence-electron chi connectivity index (χ3n) is 23.6. The Kier molecular flexibility index (Phi) is 16.4. The molecule has 0 spiro atoms. The number of pyridine rings is 3. The summed E-state index contributed by atoms with van der Waals surface area (Å²) in [4.78, 5) is 35.2. The fraction of sp³-hybridized carbons (Fsp3) is 0.385. The lowest BCUT2D eigenvalue weighted by molar-refractivity contribution is 0.276. The van der Waals surface area contributed by atoms with Crippen molar-refractivity contribution in [2.24, 2.45) is 53.3 Å². The first-order chi connectivity index (χ1) is 47.2. The summed E-state index contributed by atoms with van der Waals surface area (Å²) >= 11 is 0. The monoisotopic (exact) mass is 1340 g/mol. The maximum absolute atomic E-state index is 14.1. The molecule has 6 bridgehead atoms. The van der Waals surface area contributed by atoms with Crippen LogP contribution in [-0.4, -0.2) is 44.9 Å². The van der Waals surface area contributed by atoms with Crippen LogP contribution in [0.15, 0.2) is 116 Å². The van der Waals surface area contributed by atoms with Crippen molar-refractivity contribution in [1.29, 1.82) is 0 Å². The van der Waals surface area contributed by atoms with Crippen LogP contribution < -0.4 is 0 Å². The predicted molar refractivity (Wildman–Crippen MR) is 353 cm³/mol. The van der Waals surface area contributed by atoms with E-state index in [4.69, 9.17) is 0 Å². The Bertz CT molecular complexity index is 5050. The number of hydrogen-bond acceptors (Lipinski definition) is 6. The summed E-state index contributed by atoms with van der Waals surface area (Å²) in [6, 6.07) is 24.4. The molecule has 12 aromatic rings. The molecule has 6 fully saturated rings. The number of aromatic nitrogens is 9. The first kappa shape index (κ1) is 63.9. The quantitative estimate of drug-likeness (QED) is 0.0636. The van der Waals surface area contributed by atoms with Crippen LogP contribution in [-0.2, 0) is 0 Å². The zero-order valence-corrected chi connectivity index (χ0v) is 54.0. The van der Waals surface area contributed by atoms with Gasteiger partial charge in [0, 0.05) is 76.8 Å². The molecule has 0 saturated heterocycles. The minimum Gasteiger partial charge on any atom is -0.342 e. The molecular formula is C78H70F11N9. The summed E-state index contributed by atoms with van der Waals surface area (Å²) in [6.45, 7) is 6.14. The molecule has 6 heterocycles. The van der Waals surface area contributed by atoms with Gasteiger partial charge in [0.2, 0.25) is 0 Å². The summed E-state index contributed by atoms with van der Waals surface area (Å²) in [7, 11) is 0. The summed E-state index contributed by atoms with van der Waals surface area (Å²) in [6.07, 6.45) is 18.2. The molecule has 6 aromatic heterocycles. The molecule has 0 radical (unpaired) electrons. The van der Waals surface area contributed by atoms with Crippen LogP contribution in [0.2, 0.25) is 0 Å². The van der Waals surface area contributed by atoms with Crippen LogP contribution in [0, 0.1) is 117 Å². The number of imidazole rings is 3. The van der Waals surface area contributed by atoms with Gasteiger partial charge in [-0.3, -0.25) is 15.0 Å². The first-order valence-corrected chi connectivity index (χ1v) is 34.3. The summed E-state index contributed by atoms with van der Waals surface area (Å²) in [5.41, 5.74) is 6.78. The zero-order chi connectivity index (χ0) is 67.7. The number of fused-ring (bicyclic) bond motifs is 12. The third-order valence-corrected chi connectivity index (χ3v) is 23.6. The van der Waals surface area contributed by atoms with E-state index < -0.39 is 46.5 Å². The Balaban J connectivity index is 0.000000115. The lowest BCUT2D eigenvalue weighted by Gasteiger charge is -2.30. The Morgan fingerprint density at radius 1 is 0.347 bits per heavy atom. The van der Waals surface area contributed by atoms with Crippen LogP contribution in [0.1, 0.15) is 167 Å². The second kappa shape index (κ2) is 25.2. The highest BCUT2D eigenvalue weighted by atomic mass is 19.2. The minimum atomic E-state index is -1.49. The molecule has 15 atom stereocenters. The van der Waals surface area contributed by atoms with E-state index in [1.54, 1.807) is 36.4 Å². The Morgan fingerprint density at radius 2 is 0.745 bits per heavy atom. The van der Waals surface area contributed by atoms with E-state index in [2.05, 4.69) is 57.8 Å². The molecule has 12 unspecified atom stereocenters. The molecule has 9 nitrogen and oxygen atoms in total. The van der Waals surface area contributed by atoms with Gasteiger partial charge >= 0.3 is 0 Å². The highest BCUT2D eigenvalue weighted by Gasteiger charge is 2.50. The molecule has 6 aliphatic carbocycles. The molecule has 98 heavy (non-hydrogen) atoms. The molecule has 6 aliphatic rings. The van der Waals surface area contributed by atoms with Gasteiger partial charge in [0.25, 0.3) is 0 Å². The van der Waals surface area contributed by atoms with Crippen LogP contribution in [0.3, 0.4) is 0 Å². The molecule has 3 N–H and O–H groups in total. The van der Waals surface area contributed by atoms with Gasteiger partial charge in [-0.1, -0.05) is 20.8 Å². The van der Waals surface area contributed by atoms with Crippen LogP contribution >= 0.6 is 0 Å². The minimum absolute atomic E-state index is 0.0153. The predicted octanol–water partition coefficient (Wildman–Crippen LogP) is 20.8. The highest BCUT2D eigenvalue weighted by Crippen LogP contribution is 2.61. The van der Waals surface area contributed by atoms with Crippen LogP contribution in [0.5, 0.6) is 0 Å². The molecule has 0 aliphatic heterocycles. The molecule has 20 heteroatoms. The Hall–Kier alpha value is -8.81. The Labute approximate surface area is 556 Å². The van der Waals surface area contributed by atoms with Gasteiger partial charge < -0.3 is 15.0 Å². The zero-order valence-electron chi connectivity index (χ0n) is 54.0. The van der Waals surface area contributed by atoms with Crippen molar-refractivity contribution < 1.29 is 48.3 Å². The standard InChI is InChI=1S/2C26H23F4N3.C26H24F3N3/c1-12(26-32-24-21(29)11-20(28)23(30)25(24)33-26)6-13-7-15-8-14(13)9-18(15)17-4-5-31-22-3-2-16(27)10-19(17)22;1-12(26-32-22-11-20(28)23(29)24(30)25(22)33-26)6-13-7-15-8-14(13)9-18(15)17-4-5-31-21-3-2-16(27)10-19(17)21;1-13(26-31-24-11-21(28)22(29)12-25(24)32-26)6-14-7-16-8-15(14)9-19(16)18-4-5-30-23-3-2-17(27)10-20(18)23/h2*2-5,10-15,18H,6-9H2,1H3,(H,32,33);2-5,10-16,19H,6-9H2,1H3,(H,31,32)/t2*12-,13?,14?,15?,18?;13-,14?,15?,16?,19?/m111/s1. The average Bonchev–Trinajstić information content (AvgIpc) is 1.74. The van der Waals surface area contributed by atoms with Gasteiger partial charge in [0.1, 0.15) is 51.5 Å². The normalized spacial score (nSPS) is 25.5. The van der Waals surface area contributed by atoms with E-state index in [0.29, 0.717) is 99.8 Å². The average molecular weight is 1340 g/mol. The topological polar surface area (TPSA) is 125 Å². The number of H-pyrrole nitrogens is 3. The fourth-order valence-corrected chi connectivity index (χ4v) is 19.2. The van der Waals surface area contributed by atoms with Crippen LogP contribution in [0.25, 0.3) is 65.8 Å². The van der Waals surface area contributed by atoms with Crippen molar-refractivity contribution in [2.75, 3.05) is 0 Å². The number of hydrogen-bond donors (Lipinski definition) is 3. The lowest BCUT2D eigenvalue weighted by Crippen LogP contribution is -2.19. The second-order valence-corrected chi connectivity index (χ2v) is 29.3. The molecule has 6 aromatic carbocycles. The van der Waals surface area contributed by atoms with E-state index in [-0.39, 0.29) is 57.3 Å². The fourth-order valence-electron chi connectivity index (χ4n) is 19.2. The van der Waals surface area contributed by atoms with Gasteiger partial charge in [-0.25, -0.2) is 63.2 Å². The number of nitrogens with one attached hydrogen (secondary N) is 3. The molecular weight excluding hydrogens is 1270 g/mol. The third kappa shape index (κ3) is 11.6. The molecule has 0 amide bonds. The van der Waals surface area contributed by atoms with E-state index in [1.165, 1.54) is 47.4 Å². The second-order valence-electron chi connectivity index (χ2n) is 29.3. The van der Waals surface area contributed by atoms with Crippen molar-refractivity contribution >= 4 is 65.8 Å². The van der Waals surface area contributed by atoms with Gasteiger partial charge in [0.05, 0.1) is 33.1 Å². The smallest absolute Gasteiger partial charge is 0.196 e. The van der Waals surface area contributed by atoms with Gasteiger partial charge in [-0.15, -0.1) is 0 Å². The largest absolute Gasteiger partial charge is 0.342 e. The van der Waals surface area contributed by atoms with E-state index in [9.17, 15) is 48.3 Å². The molecule has 6 saturated carbocycles. The number of rotatable bonds is 12. The highest BCUT2D eigenvalue weighted by molar-refractivity contribution is 5.85. The number of halogens is 11. The van der Waals surface area contributed by atoms with Crippen molar-refractivity contribution in [3.05, 3.63) is 214 Å². The number of nitrogens with zero attached hydrogens (tertiary/aromatic N) is 6. The van der Waals surface area contributed by atoms with Crippen molar-refractivity contribution in [2.45, 2.75) is 133 Å². The summed E-state index contributed by atoms with van der Waals surface area (Å²) in [5.74, 6) is -1.25. The van der Waals surface area contributed by atoms with E-state index in [1.807, 2.05) is 44.6 Å². The first-order valence-electron chi connectivity index (χ1n) is 34.3. The lowest BCUT2D eigenvalue weighted by atomic mass is 9.75. The summed E-state index contributed by atoms with van der Waals surface area (Å²) < 4.78 is 152. The maximum atomic E-state index is 14.1. The van der Waals surface area contributed by atoms with Crippen LogP contribution in [0.4, 0.5) is 48.3 Å². The Morgan fingerprint density at radius 3 is 1.19 bits per heavy atom. The van der Waals surface area contributed by atoms with E-state index in [0.717, 1.165) is 121 Å².